The molecule has 7 nitrogen and oxygen atoms in total. The summed E-state index contributed by atoms with van der Waals surface area (Å²) in [5, 5.41) is 7.00. The van der Waals surface area contributed by atoms with E-state index in [4.69, 9.17) is 4.74 Å². The minimum absolute atomic E-state index is 0.228. The number of nitrogens with one attached hydrogen (secondary N) is 1. The summed E-state index contributed by atoms with van der Waals surface area (Å²) in [7, 11) is 1.42. The maximum absolute atomic E-state index is 14.4. The smallest absolute Gasteiger partial charge is 0.366 e. The van der Waals surface area contributed by atoms with Gasteiger partial charge in [0, 0.05) is 28.5 Å². The summed E-state index contributed by atoms with van der Waals surface area (Å²) < 4.78 is 24.3. The van der Waals surface area contributed by atoms with Crippen LogP contribution >= 0.6 is 0 Å². The molecule has 0 unspecified atom stereocenters. The maximum atomic E-state index is 14.4. The predicted molar refractivity (Wildman–Crippen MR) is 109 cm³/mol. The van der Waals surface area contributed by atoms with E-state index in [1.54, 1.807) is 32.9 Å². The topological polar surface area (TPSA) is 98.5 Å². The Balaban J connectivity index is 1.81. The lowest BCUT2D eigenvalue weighted by atomic mass is 9.79. The first-order valence-electron chi connectivity index (χ1n) is 9.21. The number of benzene rings is 2. The molecule has 1 amide bonds. The summed E-state index contributed by atoms with van der Waals surface area (Å²) in [6.45, 7) is 5.00. The van der Waals surface area contributed by atoms with Crippen molar-refractivity contribution in [3.8, 4) is 5.75 Å². The predicted octanol–water partition coefficient (Wildman–Crippen LogP) is 3.52. The molecule has 30 heavy (non-hydrogen) atoms. The minimum atomic E-state index is -0.978. The van der Waals surface area contributed by atoms with Gasteiger partial charge in [-0.15, -0.1) is 0 Å². The van der Waals surface area contributed by atoms with Crippen molar-refractivity contribution in [2.75, 3.05) is 12.4 Å². The number of hydrogen-bond donors (Lipinski definition) is 1. The second kappa shape index (κ2) is 8.06. The van der Waals surface area contributed by atoms with Crippen LogP contribution in [0.4, 0.5) is 10.1 Å². The Bertz CT molecular complexity index is 1200. The number of ketones is 1. The number of anilines is 1. The van der Waals surface area contributed by atoms with Crippen molar-refractivity contribution in [1.82, 2.24) is 5.16 Å². The van der Waals surface area contributed by atoms with Crippen molar-refractivity contribution in [2.45, 2.75) is 32.6 Å². The zero-order chi connectivity index (χ0) is 22.1. The highest BCUT2D eigenvalue weighted by atomic mass is 19.1. The Morgan fingerprint density at radius 2 is 1.93 bits per heavy atom. The first kappa shape index (κ1) is 21.2. The molecule has 0 bridgehead atoms. The highest BCUT2D eigenvalue weighted by Gasteiger charge is 2.32. The van der Waals surface area contributed by atoms with Crippen molar-refractivity contribution in [2.24, 2.45) is 0 Å². The van der Waals surface area contributed by atoms with Gasteiger partial charge in [0.1, 0.15) is 11.6 Å². The van der Waals surface area contributed by atoms with Gasteiger partial charge in [0.15, 0.2) is 0 Å². The van der Waals surface area contributed by atoms with E-state index in [0.29, 0.717) is 27.9 Å². The number of nitrogens with zero attached hydrogens (tertiary/aromatic N) is 1. The number of fused-ring (bicyclic) bond motifs is 1. The summed E-state index contributed by atoms with van der Waals surface area (Å²) in [5.41, 5.74) is -0.538. The molecule has 0 atom stereocenters. The zero-order valence-electron chi connectivity index (χ0n) is 17.0. The lowest BCUT2D eigenvalue weighted by Gasteiger charge is -2.26. The number of hydrogen-bond acceptors (Lipinski definition) is 6. The molecule has 3 aromatic rings. The molecule has 0 aliphatic carbocycles. The molecule has 0 saturated carbocycles. The standard InChI is InChI=1S/C22H21FN2O5/c1-12-15-10-13(8-9-14(15)21(28)30-25-12)24-20(27)17(26)11-22(2,3)19-16(23)6-5-7-18(19)29-4/h5-10H,11H2,1-4H3,(H,24,27). The van der Waals surface area contributed by atoms with E-state index in [9.17, 15) is 18.8 Å². The molecule has 0 saturated heterocycles. The third kappa shape index (κ3) is 4.07. The Morgan fingerprint density at radius 1 is 1.20 bits per heavy atom. The van der Waals surface area contributed by atoms with Crippen LogP contribution in [0.2, 0.25) is 0 Å². The number of carbonyl (C=O) groups is 2. The number of rotatable bonds is 6. The Labute approximate surface area is 171 Å². The van der Waals surface area contributed by atoms with Crippen LogP contribution < -0.4 is 15.7 Å². The van der Waals surface area contributed by atoms with Gasteiger partial charge in [0.2, 0.25) is 5.78 Å². The molecule has 2 aromatic carbocycles. The van der Waals surface area contributed by atoms with E-state index in [0.717, 1.165) is 0 Å². The van der Waals surface area contributed by atoms with Gasteiger partial charge in [0.25, 0.3) is 5.91 Å². The van der Waals surface area contributed by atoms with Crippen molar-refractivity contribution in [1.29, 1.82) is 0 Å². The van der Waals surface area contributed by atoms with E-state index in [2.05, 4.69) is 15.0 Å². The average molecular weight is 412 g/mol. The molecule has 0 fully saturated rings. The van der Waals surface area contributed by atoms with Crippen molar-refractivity contribution < 1.29 is 23.2 Å². The van der Waals surface area contributed by atoms with Gasteiger partial charge in [-0.25, -0.2) is 9.18 Å². The lowest BCUT2D eigenvalue weighted by Crippen LogP contribution is -2.31. The zero-order valence-corrected chi connectivity index (χ0v) is 17.0. The van der Waals surface area contributed by atoms with Crippen LogP contribution in [0, 0.1) is 12.7 Å². The SMILES string of the molecule is COc1cccc(F)c1C(C)(C)CC(=O)C(=O)Nc1ccc2c(=O)onc(C)c2c1. The van der Waals surface area contributed by atoms with Gasteiger partial charge in [-0.05, 0) is 37.3 Å². The van der Waals surface area contributed by atoms with Crippen LogP contribution in [-0.4, -0.2) is 24.0 Å². The third-order valence-electron chi connectivity index (χ3n) is 4.88. The number of Topliss-reactive ketones (excluding diaryl/α,β-unsaturated/α-hetero) is 1. The normalized spacial score (nSPS) is 11.4. The molecule has 1 aromatic heterocycles. The van der Waals surface area contributed by atoms with Crippen molar-refractivity contribution in [3.05, 3.63) is 63.9 Å². The van der Waals surface area contributed by atoms with Gasteiger partial charge in [-0.3, -0.25) is 9.59 Å². The Morgan fingerprint density at radius 3 is 2.63 bits per heavy atom. The van der Waals surface area contributed by atoms with E-state index < -0.39 is 28.5 Å². The molecule has 8 heteroatoms. The molecule has 0 spiro atoms. The number of aryl methyl sites for hydroxylation is 1. The van der Waals surface area contributed by atoms with E-state index in [1.807, 2.05) is 0 Å². The van der Waals surface area contributed by atoms with E-state index in [-0.39, 0.29) is 12.0 Å². The fourth-order valence-electron chi connectivity index (χ4n) is 3.41. The number of methoxy groups -OCH3 is 1. The molecule has 1 heterocycles. The van der Waals surface area contributed by atoms with Crippen LogP contribution in [0.15, 0.2) is 45.7 Å². The molecule has 0 radical (unpaired) electrons. The Hall–Kier alpha value is -3.55. The molecule has 156 valence electrons. The van der Waals surface area contributed by atoms with Crippen LogP contribution in [0.3, 0.4) is 0 Å². The van der Waals surface area contributed by atoms with Crippen LogP contribution in [0.25, 0.3) is 10.8 Å². The minimum Gasteiger partial charge on any atom is -0.496 e. The summed E-state index contributed by atoms with van der Waals surface area (Å²) in [6.07, 6.45) is -0.228. The van der Waals surface area contributed by atoms with E-state index in [1.165, 1.54) is 31.4 Å². The van der Waals surface area contributed by atoms with Gasteiger partial charge in [0.05, 0.1) is 18.2 Å². The summed E-state index contributed by atoms with van der Waals surface area (Å²) >= 11 is 0. The number of halogens is 1. The molecular formula is C22H21FN2O5. The lowest BCUT2D eigenvalue weighted by molar-refractivity contribution is -0.135. The first-order valence-corrected chi connectivity index (χ1v) is 9.21. The molecular weight excluding hydrogens is 391 g/mol. The highest BCUT2D eigenvalue weighted by Crippen LogP contribution is 2.36. The second-order valence-corrected chi connectivity index (χ2v) is 7.57. The fourth-order valence-corrected chi connectivity index (χ4v) is 3.41. The van der Waals surface area contributed by atoms with Gasteiger partial charge in [-0.2, -0.15) is 0 Å². The number of ether oxygens (including phenoxy) is 1. The Kier molecular flexibility index (Phi) is 5.69. The van der Waals surface area contributed by atoms with E-state index >= 15 is 0 Å². The summed E-state index contributed by atoms with van der Waals surface area (Å²) in [4.78, 5) is 36.8. The molecule has 0 aliphatic rings. The largest absolute Gasteiger partial charge is 0.496 e. The van der Waals surface area contributed by atoms with Crippen LogP contribution in [-0.2, 0) is 15.0 Å². The number of aromatic nitrogens is 1. The fraction of sp³-hybridized carbons (Fsp3) is 0.273. The van der Waals surface area contributed by atoms with Crippen molar-refractivity contribution in [3.63, 3.8) is 0 Å². The summed E-state index contributed by atoms with van der Waals surface area (Å²) in [6, 6.07) is 8.93. The third-order valence-corrected chi connectivity index (χ3v) is 4.88. The molecule has 3 rings (SSSR count). The number of carbonyl (C=O) groups excluding carboxylic acids is 2. The summed E-state index contributed by atoms with van der Waals surface area (Å²) in [5.74, 6) is -1.76. The quantitative estimate of drug-likeness (QED) is 0.622. The highest BCUT2D eigenvalue weighted by molar-refractivity contribution is 6.40. The van der Waals surface area contributed by atoms with Gasteiger partial charge < -0.3 is 14.6 Å². The van der Waals surface area contributed by atoms with Gasteiger partial charge >= 0.3 is 5.63 Å². The van der Waals surface area contributed by atoms with Crippen molar-refractivity contribution >= 4 is 28.2 Å². The molecule has 0 aliphatic heterocycles. The number of amides is 1. The molecule has 1 N–H and O–H groups in total. The monoisotopic (exact) mass is 412 g/mol. The van der Waals surface area contributed by atoms with Crippen LogP contribution in [0.1, 0.15) is 31.5 Å². The maximum Gasteiger partial charge on any atom is 0.366 e. The second-order valence-electron chi connectivity index (χ2n) is 7.57. The van der Waals surface area contributed by atoms with Gasteiger partial charge in [-0.1, -0.05) is 25.1 Å². The first-order chi connectivity index (χ1) is 14.1. The average Bonchev–Trinajstić information content (AvgIpc) is 2.70. The van der Waals surface area contributed by atoms with Crippen LogP contribution in [0.5, 0.6) is 5.75 Å².